The zero-order chi connectivity index (χ0) is 22.6. The zero-order valence-electron chi connectivity index (χ0n) is 19.8. The van der Waals surface area contributed by atoms with Gasteiger partial charge >= 0.3 is 0 Å². The van der Waals surface area contributed by atoms with Crippen LogP contribution in [0.15, 0.2) is 63.2 Å². The number of hydrogen-bond donors (Lipinski definition) is 2. The van der Waals surface area contributed by atoms with Crippen molar-refractivity contribution in [2.24, 2.45) is 9.98 Å². The van der Waals surface area contributed by atoms with Gasteiger partial charge in [-0.2, -0.15) is 0 Å². The quantitative estimate of drug-likeness (QED) is 0.630. The first-order valence-corrected chi connectivity index (χ1v) is 12.2. The lowest BCUT2D eigenvalue weighted by Gasteiger charge is -2.31. The van der Waals surface area contributed by atoms with Gasteiger partial charge < -0.3 is 10.4 Å². The van der Waals surface area contributed by atoms with E-state index in [-0.39, 0.29) is 6.04 Å². The lowest BCUT2D eigenvalue weighted by Crippen LogP contribution is -2.41. The van der Waals surface area contributed by atoms with E-state index in [1.807, 2.05) is 0 Å². The summed E-state index contributed by atoms with van der Waals surface area (Å²) >= 11 is 0. The molecule has 0 aliphatic carbocycles. The van der Waals surface area contributed by atoms with E-state index in [1.54, 1.807) is 0 Å². The number of rotatable bonds is 6. The fourth-order valence-corrected chi connectivity index (χ4v) is 5.02. The fraction of sp³-hybridized carbons (Fsp3) is 0.500. The molecule has 1 fully saturated rings. The molecule has 4 nitrogen and oxygen atoms in total. The molecule has 0 aromatic heterocycles. The molecule has 3 heterocycles. The highest BCUT2D eigenvalue weighted by Crippen LogP contribution is 2.30. The van der Waals surface area contributed by atoms with Gasteiger partial charge in [0.15, 0.2) is 0 Å². The summed E-state index contributed by atoms with van der Waals surface area (Å²) in [4.78, 5) is 10.1. The van der Waals surface area contributed by atoms with Crippen LogP contribution in [0.3, 0.4) is 0 Å². The average molecular weight is 432 g/mol. The van der Waals surface area contributed by atoms with Crippen molar-refractivity contribution in [2.75, 3.05) is 13.1 Å². The molecule has 3 aliphatic rings. The monoisotopic (exact) mass is 431 g/mol. The maximum atomic E-state index is 10.7. The highest BCUT2D eigenvalue weighted by atomic mass is 16.3. The van der Waals surface area contributed by atoms with Gasteiger partial charge in [-0.25, -0.2) is 0 Å². The number of nitrogens with zero attached hydrogens (tertiary/aromatic N) is 2. The summed E-state index contributed by atoms with van der Waals surface area (Å²) < 4.78 is 0. The first-order chi connectivity index (χ1) is 15.5. The zero-order valence-corrected chi connectivity index (χ0v) is 19.8. The van der Waals surface area contributed by atoms with Gasteiger partial charge in [0.25, 0.3) is 0 Å². The molecule has 0 saturated carbocycles. The number of benzene rings is 1. The molecule has 0 radical (unpaired) electrons. The summed E-state index contributed by atoms with van der Waals surface area (Å²) in [5, 5.41) is 14.0. The Balaban J connectivity index is 1.49. The lowest BCUT2D eigenvalue weighted by molar-refractivity contribution is 0.0135. The topological polar surface area (TPSA) is 57.0 Å². The van der Waals surface area contributed by atoms with Crippen LogP contribution in [0.25, 0.3) is 6.08 Å². The first kappa shape index (κ1) is 22.9. The van der Waals surface area contributed by atoms with E-state index in [2.05, 4.69) is 68.6 Å². The molecule has 0 amide bonds. The van der Waals surface area contributed by atoms with Crippen LogP contribution in [0.2, 0.25) is 0 Å². The first-order valence-electron chi connectivity index (χ1n) is 12.2. The van der Waals surface area contributed by atoms with E-state index in [0.29, 0.717) is 0 Å². The van der Waals surface area contributed by atoms with Gasteiger partial charge in [-0.05, 0) is 93.8 Å². The smallest absolute Gasteiger partial charge is 0.0717 e. The van der Waals surface area contributed by atoms with Crippen molar-refractivity contribution < 1.29 is 5.11 Å². The van der Waals surface area contributed by atoms with Crippen molar-refractivity contribution in [1.29, 1.82) is 0 Å². The summed E-state index contributed by atoms with van der Waals surface area (Å²) in [7, 11) is 0. The Morgan fingerprint density at radius 1 is 1.16 bits per heavy atom. The van der Waals surface area contributed by atoms with Crippen LogP contribution in [0.5, 0.6) is 0 Å². The van der Waals surface area contributed by atoms with Crippen LogP contribution in [0.1, 0.15) is 70.4 Å². The largest absolute Gasteiger partial charge is 0.389 e. The van der Waals surface area contributed by atoms with Crippen LogP contribution >= 0.6 is 0 Å². The van der Waals surface area contributed by atoms with Crippen LogP contribution in [0.4, 0.5) is 0 Å². The Morgan fingerprint density at radius 2 is 1.91 bits per heavy atom. The molecule has 4 rings (SSSR count). The van der Waals surface area contributed by atoms with Crippen molar-refractivity contribution in [2.45, 2.75) is 77.4 Å². The number of hydrogen-bond acceptors (Lipinski definition) is 4. The second kappa shape index (κ2) is 10.1. The molecule has 32 heavy (non-hydrogen) atoms. The molecule has 170 valence electrons. The van der Waals surface area contributed by atoms with E-state index in [4.69, 9.17) is 9.98 Å². The van der Waals surface area contributed by atoms with Gasteiger partial charge in [-0.3, -0.25) is 9.98 Å². The van der Waals surface area contributed by atoms with Gasteiger partial charge in [-0.15, -0.1) is 0 Å². The minimum atomic E-state index is -0.548. The fourth-order valence-electron chi connectivity index (χ4n) is 5.02. The molecular formula is C28H37N3O. The molecule has 2 bridgehead atoms. The van der Waals surface area contributed by atoms with Crippen molar-refractivity contribution in [3.63, 3.8) is 0 Å². The molecule has 1 unspecified atom stereocenters. The number of aliphatic hydroxyl groups is 1. The van der Waals surface area contributed by atoms with Crippen LogP contribution in [-0.2, 0) is 6.42 Å². The Kier molecular flexibility index (Phi) is 7.22. The number of nitrogens with one attached hydrogen (secondary N) is 1. The Morgan fingerprint density at radius 3 is 2.62 bits per heavy atom. The van der Waals surface area contributed by atoms with Crippen molar-refractivity contribution in [3.05, 3.63) is 64.4 Å². The number of allylic oxidation sites excluding steroid dienone is 3. The van der Waals surface area contributed by atoms with Gasteiger partial charge in [0.1, 0.15) is 0 Å². The number of aliphatic imine (C=N–C) groups is 2. The summed E-state index contributed by atoms with van der Waals surface area (Å²) in [6, 6.07) is 9.08. The molecule has 1 aromatic rings. The second-order valence-corrected chi connectivity index (χ2v) is 9.55. The highest BCUT2D eigenvalue weighted by Gasteiger charge is 2.27. The Labute approximate surface area is 193 Å². The average Bonchev–Trinajstić information content (AvgIpc) is 2.92. The Hall–Kier alpha value is -2.30. The van der Waals surface area contributed by atoms with Gasteiger partial charge in [-0.1, -0.05) is 43.3 Å². The van der Waals surface area contributed by atoms with Crippen LogP contribution in [-0.4, -0.2) is 41.3 Å². The van der Waals surface area contributed by atoms with Crippen LogP contribution in [0, 0.1) is 0 Å². The van der Waals surface area contributed by atoms with E-state index in [0.717, 1.165) is 63.7 Å². The SMILES string of the molecule is CCC1=NC2CCC(=C1Cc1ccc(C=CCC3(O)CCNCC3)cc1)N=C(C)C=C2C. The summed E-state index contributed by atoms with van der Waals surface area (Å²) in [5.41, 5.74) is 8.08. The number of piperidine rings is 1. The highest BCUT2D eigenvalue weighted by molar-refractivity contribution is 6.03. The number of fused-ring (bicyclic) bond motifs is 3. The molecule has 1 aromatic carbocycles. The molecular weight excluding hydrogens is 394 g/mol. The lowest BCUT2D eigenvalue weighted by atomic mass is 9.89. The molecule has 4 heteroatoms. The third-order valence-electron chi connectivity index (χ3n) is 6.97. The van der Waals surface area contributed by atoms with Crippen LogP contribution < -0.4 is 5.32 Å². The van der Waals surface area contributed by atoms with Crippen molar-refractivity contribution >= 4 is 17.5 Å². The maximum Gasteiger partial charge on any atom is 0.0717 e. The maximum absolute atomic E-state index is 10.7. The minimum absolute atomic E-state index is 0.283. The van der Waals surface area contributed by atoms with E-state index in [1.165, 1.54) is 33.7 Å². The van der Waals surface area contributed by atoms with Gasteiger partial charge in [0, 0.05) is 23.5 Å². The third-order valence-corrected chi connectivity index (χ3v) is 6.97. The molecule has 1 saturated heterocycles. The van der Waals surface area contributed by atoms with E-state index >= 15 is 0 Å². The molecule has 2 N–H and O–H groups in total. The normalized spacial score (nSPS) is 23.4. The summed E-state index contributed by atoms with van der Waals surface area (Å²) in [6.07, 6.45) is 12.7. The van der Waals surface area contributed by atoms with E-state index < -0.39 is 5.60 Å². The second-order valence-electron chi connectivity index (χ2n) is 9.55. The van der Waals surface area contributed by atoms with Gasteiger partial charge in [0.05, 0.1) is 11.6 Å². The molecule has 3 aliphatic heterocycles. The predicted molar refractivity (Wildman–Crippen MR) is 135 cm³/mol. The van der Waals surface area contributed by atoms with Crippen molar-refractivity contribution in [1.82, 2.24) is 5.32 Å². The molecule has 1 atom stereocenters. The standard InChI is InChI=1S/C28H37N3O/c1-4-25-24(27-12-11-26(31-25)20(2)18-21(3)30-27)19-23-9-7-22(8-10-23)6-5-13-28(32)14-16-29-17-15-28/h5-10,18,26,29,32H,4,11-17,19H2,1-3H3. The summed E-state index contributed by atoms with van der Waals surface area (Å²) in [6.45, 7) is 8.30. The Bertz CT molecular complexity index is 972. The van der Waals surface area contributed by atoms with E-state index in [9.17, 15) is 5.11 Å². The molecule has 0 spiro atoms. The minimum Gasteiger partial charge on any atom is -0.389 e. The van der Waals surface area contributed by atoms with Crippen molar-refractivity contribution in [3.8, 4) is 0 Å². The van der Waals surface area contributed by atoms with Gasteiger partial charge in [0.2, 0.25) is 0 Å². The predicted octanol–water partition coefficient (Wildman–Crippen LogP) is 5.44. The summed E-state index contributed by atoms with van der Waals surface area (Å²) in [5.74, 6) is 0. The third kappa shape index (κ3) is 5.54.